The Bertz CT molecular complexity index is 371. The predicted molar refractivity (Wildman–Crippen MR) is 77.8 cm³/mol. The molecule has 2 heteroatoms. The highest BCUT2D eigenvalue weighted by atomic mass is 15.1. The van der Waals surface area contributed by atoms with Crippen LogP contribution in [0.3, 0.4) is 0 Å². The second-order valence-corrected chi connectivity index (χ2v) is 5.87. The first-order valence-electron chi connectivity index (χ1n) is 7.16. The quantitative estimate of drug-likeness (QED) is 0.885. The van der Waals surface area contributed by atoms with Gasteiger partial charge in [-0.2, -0.15) is 0 Å². The number of likely N-dealkylation sites (N-methyl/N-ethyl adjacent to an activating group) is 1. The van der Waals surface area contributed by atoms with Crippen LogP contribution >= 0.6 is 0 Å². The van der Waals surface area contributed by atoms with Crippen LogP contribution in [-0.4, -0.2) is 30.6 Å². The van der Waals surface area contributed by atoms with E-state index in [1.807, 2.05) is 0 Å². The molecule has 0 aromatic heterocycles. The lowest BCUT2D eigenvalue weighted by molar-refractivity contribution is 0.170. The molecule has 1 aliphatic rings. The van der Waals surface area contributed by atoms with Crippen LogP contribution in [0.15, 0.2) is 24.3 Å². The number of piperidine rings is 1. The van der Waals surface area contributed by atoms with E-state index in [0.717, 1.165) is 25.8 Å². The molecular formula is C16H26N2. The number of nitrogens with zero attached hydrogens (tertiary/aromatic N) is 1. The zero-order valence-electron chi connectivity index (χ0n) is 11.8. The molecule has 0 radical (unpaired) electrons. The molecule has 0 bridgehead atoms. The number of rotatable bonds is 4. The van der Waals surface area contributed by atoms with Gasteiger partial charge in [0.05, 0.1) is 0 Å². The summed E-state index contributed by atoms with van der Waals surface area (Å²) in [7, 11) is 2.18. The highest BCUT2D eigenvalue weighted by Gasteiger charge is 2.29. The van der Waals surface area contributed by atoms with Gasteiger partial charge in [0.1, 0.15) is 0 Å². The standard InChI is InChI=1S/C16H26N2/c1-3-14-5-7-15(8-6-14)9-11-16(17)10-4-12-18(2)13-16/h5-8H,3-4,9-13,17H2,1-2H3. The Kier molecular flexibility index (Phi) is 4.41. The molecule has 0 spiro atoms. The Hall–Kier alpha value is -0.860. The molecule has 1 aromatic carbocycles. The number of benzene rings is 1. The van der Waals surface area contributed by atoms with Crippen LogP contribution < -0.4 is 5.73 Å². The summed E-state index contributed by atoms with van der Waals surface area (Å²) in [5, 5.41) is 0. The summed E-state index contributed by atoms with van der Waals surface area (Å²) in [5.74, 6) is 0. The summed E-state index contributed by atoms with van der Waals surface area (Å²) in [4.78, 5) is 2.36. The van der Waals surface area contributed by atoms with Crippen molar-refractivity contribution in [2.45, 2.75) is 44.6 Å². The average molecular weight is 246 g/mol. The first-order chi connectivity index (χ1) is 8.61. The van der Waals surface area contributed by atoms with E-state index in [2.05, 4.69) is 43.1 Å². The van der Waals surface area contributed by atoms with Crippen molar-refractivity contribution in [3.63, 3.8) is 0 Å². The van der Waals surface area contributed by atoms with E-state index in [9.17, 15) is 0 Å². The van der Waals surface area contributed by atoms with Gasteiger partial charge >= 0.3 is 0 Å². The van der Waals surface area contributed by atoms with Crippen molar-refractivity contribution in [1.82, 2.24) is 4.90 Å². The molecule has 18 heavy (non-hydrogen) atoms. The molecule has 1 atom stereocenters. The van der Waals surface area contributed by atoms with Crippen LogP contribution in [0.25, 0.3) is 0 Å². The largest absolute Gasteiger partial charge is 0.324 e. The molecule has 1 aliphatic heterocycles. The van der Waals surface area contributed by atoms with Crippen LogP contribution in [0.4, 0.5) is 0 Å². The topological polar surface area (TPSA) is 29.3 Å². The molecule has 1 heterocycles. The zero-order valence-corrected chi connectivity index (χ0v) is 11.8. The van der Waals surface area contributed by atoms with Crippen LogP contribution in [-0.2, 0) is 12.8 Å². The van der Waals surface area contributed by atoms with E-state index in [0.29, 0.717) is 0 Å². The summed E-state index contributed by atoms with van der Waals surface area (Å²) in [6.07, 6.45) is 5.73. The van der Waals surface area contributed by atoms with Crippen molar-refractivity contribution in [3.05, 3.63) is 35.4 Å². The van der Waals surface area contributed by atoms with E-state index in [1.165, 1.54) is 30.5 Å². The van der Waals surface area contributed by atoms with Crippen molar-refractivity contribution in [3.8, 4) is 0 Å². The lowest BCUT2D eigenvalue weighted by Crippen LogP contribution is -2.53. The molecule has 1 unspecified atom stereocenters. The Balaban J connectivity index is 1.89. The van der Waals surface area contributed by atoms with Crippen LogP contribution in [0, 0.1) is 0 Å². The van der Waals surface area contributed by atoms with E-state index < -0.39 is 0 Å². The van der Waals surface area contributed by atoms with E-state index in [-0.39, 0.29) is 5.54 Å². The molecule has 2 rings (SSSR count). The SMILES string of the molecule is CCc1ccc(CCC2(N)CCCN(C)C2)cc1. The summed E-state index contributed by atoms with van der Waals surface area (Å²) >= 11 is 0. The first-order valence-corrected chi connectivity index (χ1v) is 7.16. The molecule has 2 nitrogen and oxygen atoms in total. The monoisotopic (exact) mass is 246 g/mol. The maximum absolute atomic E-state index is 6.51. The molecule has 1 aromatic rings. The van der Waals surface area contributed by atoms with E-state index in [4.69, 9.17) is 5.73 Å². The molecular weight excluding hydrogens is 220 g/mol. The van der Waals surface area contributed by atoms with Gasteiger partial charge in [-0.15, -0.1) is 0 Å². The van der Waals surface area contributed by atoms with Crippen molar-refractivity contribution in [1.29, 1.82) is 0 Å². The van der Waals surface area contributed by atoms with Crippen molar-refractivity contribution >= 4 is 0 Å². The third kappa shape index (κ3) is 3.56. The smallest absolute Gasteiger partial charge is 0.0286 e. The predicted octanol–water partition coefficient (Wildman–Crippen LogP) is 2.60. The van der Waals surface area contributed by atoms with Crippen molar-refractivity contribution < 1.29 is 0 Å². The summed E-state index contributed by atoms with van der Waals surface area (Å²) in [6, 6.07) is 9.00. The normalized spacial score (nSPS) is 25.3. The summed E-state index contributed by atoms with van der Waals surface area (Å²) in [5.41, 5.74) is 9.37. The van der Waals surface area contributed by atoms with E-state index in [1.54, 1.807) is 0 Å². The fourth-order valence-electron chi connectivity index (χ4n) is 2.94. The minimum Gasteiger partial charge on any atom is -0.324 e. The minimum atomic E-state index is 0.0242. The average Bonchev–Trinajstić information content (AvgIpc) is 2.37. The third-order valence-electron chi connectivity index (χ3n) is 4.14. The van der Waals surface area contributed by atoms with Gasteiger partial charge in [-0.05, 0) is 56.8 Å². The van der Waals surface area contributed by atoms with Crippen LogP contribution in [0.5, 0.6) is 0 Å². The van der Waals surface area contributed by atoms with Gasteiger partial charge in [-0.25, -0.2) is 0 Å². The van der Waals surface area contributed by atoms with Gasteiger partial charge in [0.15, 0.2) is 0 Å². The minimum absolute atomic E-state index is 0.0242. The lowest BCUT2D eigenvalue weighted by atomic mass is 9.85. The molecule has 100 valence electrons. The number of hydrogen-bond acceptors (Lipinski definition) is 2. The molecule has 0 aliphatic carbocycles. The molecule has 1 saturated heterocycles. The number of likely N-dealkylation sites (tertiary alicyclic amines) is 1. The van der Waals surface area contributed by atoms with Gasteiger partial charge in [0.2, 0.25) is 0 Å². The highest BCUT2D eigenvalue weighted by Crippen LogP contribution is 2.23. The number of aryl methyl sites for hydroxylation is 2. The van der Waals surface area contributed by atoms with Crippen molar-refractivity contribution in [2.75, 3.05) is 20.1 Å². The fourth-order valence-corrected chi connectivity index (χ4v) is 2.94. The number of nitrogens with two attached hydrogens (primary N) is 1. The highest BCUT2D eigenvalue weighted by molar-refractivity contribution is 5.22. The molecule has 1 fully saturated rings. The Labute approximate surface area is 111 Å². The maximum atomic E-state index is 6.51. The third-order valence-corrected chi connectivity index (χ3v) is 4.14. The summed E-state index contributed by atoms with van der Waals surface area (Å²) in [6.45, 7) is 4.44. The van der Waals surface area contributed by atoms with Gasteiger partial charge in [-0.1, -0.05) is 31.2 Å². The maximum Gasteiger partial charge on any atom is 0.0286 e. The summed E-state index contributed by atoms with van der Waals surface area (Å²) < 4.78 is 0. The fraction of sp³-hybridized carbons (Fsp3) is 0.625. The van der Waals surface area contributed by atoms with Gasteiger partial charge < -0.3 is 10.6 Å². The Morgan fingerprint density at radius 2 is 1.89 bits per heavy atom. The van der Waals surface area contributed by atoms with Gasteiger partial charge in [-0.3, -0.25) is 0 Å². The lowest BCUT2D eigenvalue weighted by Gasteiger charge is -2.38. The van der Waals surface area contributed by atoms with Crippen molar-refractivity contribution in [2.24, 2.45) is 5.73 Å². The number of hydrogen-bond donors (Lipinski definition) is 1. The van der Waals surface area contributed by atoms with E-state index >= 15 is 0 Å². The zero-order chi connectivity index (χ0) is 13.0. The molecule has 0 amide bonds. The Morgan fingerprint density at radius 3 is 2.50 bits per heavy atom. The van der Waals surface area contributed by atoms with Crippen LogP contribution in [0.2, 0.25) is 0 Å². The van der Waals surface area contributed by atoms with Gasteiger partial charge in [0, 0.05) is 12.1 Å². The van der Waals surface area contributed by atoms with Gasteiger partial charge in [0.25, 0.3) is 0 Å². The Morgan fingerprint density at radius 1 is 1.22 bits per heavy atom. The first kappa shape index (κ1) is 13.6. The second-order valence-electron chi connectivity index (χ2n) is 5.87. The molecule has 0 saturated carbocycles. The second kappa shape index (κ2) is 5.85. The van der Waals surface area contributed by atoms with Crippen LogP contribution in [0.1, 0.15) is 37.3 Å². The molecule has 2 N–H and O–H groups in total.